The summed E-state index contributed by atoms with van der Waals surface area (Å²) >= 11 is 0. The quantitative estimate of drug-likeness (QED) is 0.674. The van der Waals surface area contributed by atoms with Gasteiger partial charge in [-0.1, -0.05) is 42.8 Å². The molecule has 0 spiro atoms. The Morgan fingerprint density at radius 1 is 0.792 bits per heavy atom. The van der Waals surface area contributed by atoms with Gasteiger partial charge in [-0.15, -0.1) is 0 Å². The van der Waals surface area contributed by atoms with Crippen molar-refractivity contribution in [3.63, 3.8) is 0 Å². The zero-order valence-electron chi connectivity index (χ0n) is 13.8. The summed E-state index contributed by atoms with van der Waals surface area (Å²) in [5.74, 6) is 1.16. The van der Waals surface area contributed by atoms with Crippen LogP contribution < -0.4 is 9.05 Å². The molecule has 0 aromatic heterocycles. The summed E-state index contributed by atoms with van der Waals surface area (Å²) in [7, 11) is -3.27. The van der Waals surface area contributed by atoms with Gasteiger partial charge in [-0.05, 0) is 50.2 Å². The van der Waals surface area contributed by atoms with E-state index in [9.17, 15) is 4.57 Å². The van der Waals surface area contributed by atoms with Crippen LogP contribution >= 0.6 is 7.60 Å². The largest absolute Gasteiger partial charge is 0.431 e. The van der Waals surface area contributed by atoms with Crippen LogP contribution in [0.4, 0.5) is 0 Å². The average molecular weight is 345 g/mol. The standard InChI is InChI=1S/C19H24NO3P/c21-24(22-18-10-4-1-5-11-18,23-19-12-6-2-7-13-19)17-16-20-14-8-3-9-15-20/h1-2,4-7,10-13H,3,8-9,14-17H2. The van der Waals surface area contributed by atoms with Crippen molar-refractivity contribution >= 4 is 7.60 Å². The topological polar surface area (TPSA) is 38.8 Å². The van der Waals surface area contributed by atoms with Crippen molar-refractivity contribution < 1.29 is 13.6 Å². The first kappa shape index (κ1) is 17.1. The van der Waals surface area contributed by atoms with Gasteiger partial charge in [0.05, 0.1) is 6.16 Å². The molecule has 2 aromatic rings. The third kappa shape index (κ3) is 5.12. The number of nitrogens with zero attached hydrogens (tertiary/aromatic N) is 1. The van der Waals surface area contributed by atoms with Crippen LogP contribution in [0, 0.1) is 0 Å². The third-order valence-corrected chi connectivity index (χ3v) is 5.84. The van der Waals surface area contributed by atoms with Crippen LogP contribution in [-0.4, -0.2) is 30.7 Å². The molecule has 128 valence electrons. The Bertz CT molecular complexity index is 611. The molecule has 4 nitrogen and oxygen atoms in total. The smallest absolute Gasteiger partial charge is 0.416 e. The number of hydrogen-bond donors (Lipinski definition) is 0. The Hall–Kier alpha value is -1.77. The minimum absolute atomic E-state index is 0.386. The lowest BCUT2D eigenvalue weighted by atomic mass is 10.1. The molecule has 1 heterocycles. The SMILES string of the molecule is O=P(CCN1CCCCC1)(Oc1ccccc1)Oc1ccccc1. The second kappa shape index (κ2) is 8.36. The van der Waals surface area contributed by atoms with E-state index in [0.29, 0.717) is 17.7 Å². The molecule has 24 heavy (non-hydrogen) atoms. The Morgan fingerprint density at radius 3 is 1.79 bits per heavy atom. The van der Waals surface area contributed by atoms with Gasteiger partial charge < -0.3 is 13.9 Å². The first-order valence-electron chi connectivity index (χ1n) is 8.54. The summed E-state index contributed by atoms with van der Waals surface area (Å²) in [6, 6.07) is 18.5. The minimum atomic E-state index is -3.27. The predicted octanol–water partition coefficient (Wildman–Crippen LogP) is 4.82. The fourth-order valence-corrected chi connectivity index (χ4v) is 4.47. The maximum Gasteiger partial charge on any atom is 0.431 e. The van der Waals surface area contributed by atoms with E-state index in [1.807, 2.05) is 60.7 Å². The van der Waals surface area contributed by atoms with Gasteiger partial charge >= 0.3 is 7.60 Å². The van der Waals surface area contributed by atoms with Crippen molar-refractivity contribution in [2.24, 2.45) is 0 Å². The van der Waals surface area contributed by atoms with E-state index in [1.165, 1.54) is 19.3 Å². The van der Waals surface area contributed by atoms with Crippen molar-refractivity contribution in [1.82, 2.24) is 4.90 Å². The number of hydrogen-bond acceptors (Lipinski definition) is 4. The van der Waals surface area contributed by atoms with Gasteiger partial charge in [0.15, 0.2) is 0 Å². The molecular formula is C19H24NO3P. The van der Waals surface area contributed by atoms with Crippen LogP contribution in [0.2, 0.25) is 0 Å². The van der Waals surface area contributed by atoms with E-state index in [0.717, 1.165) is 19.6 Å². The molecule has 0 unspecified atom stereocenters. The van der Waals surface area contributed by atoms with Gasteiger partial charge in [-0.25, -0.2) is 4.57 Å². The highest BCUT2D eigenvalue weighted by Crippen LogP contribution is 2.48. The summed E-state index contributed by atoms with van der Waals surface area (Å²) in [6.07, 6.45) is 4.10. The summed E-state index contributed by atoms with van der Waals surface area (Å²) in [5, 5.41) is 0. The Morgan fingerprint density at radius 2 is 1.29 bits per heavy atom. The van der Waals surface area contributed by atoms with Crippen LogP contribution in [0.5, 0.6) is 11.5 Å². The molecular weight excluding hydrogens is 321 g/mol. The van der Waals surface area contributed by atoms with E-state index >= 15 is 0 Å². The Labute approximate surface area is 143 Å². The number of likely N-dealkylation sites (tertiary alicyclic amines) is 1. The van der Waals surface area contributed by atoms with Crippen molar-refractivity contribution in [2.75, 3.05) is 25.8 Å². The van der Waals surface area contributed by atoms with Gasteiger partial charge in [0.25, 0.3) is 0 Å². The number of benzene rings is 2. The molecule has 0 N–H and O–H groups in total. The van der Waals surface area contributed by atoms with E-state index in [2.05, 4.69) is 4.90 Å². The van der Waals surface area contributed by atoms with Crippen molar-refractivity contribution in [1.29, 1.82) is 0 Å². The highest BCUT2D eigenvalue weighted by molar-refractivity contribution is 7.54. The third-order valence-electron chi connectivity index (χ3n) is 4.11. The maximum atomic E-state index is 13.3. The second-order valence-electron chi connectivity index (χ2n) is 6.05. The van der Waals surface area contributed by atoms with E-state index in [1.54, 1.807) is 0 Å². The summed E-state index contributed by atoms with van der Waals surface area (Å²) in [5.41, 5.74) is 0. The monoisotopic (exact) mass is 345 g/mol. The molecule has 0 atom stereocenters. The summed E-state index contributed by atoms with van der Waals surface area (Å²) in [4.78, 5) is 2.35. The molecule has 2 aromatic carbocycles. The van der Waals surface area contributed by atoms with Crippen LogP contribution in [0.1, 0.15) is 19.3 Å². The van der Waals surface area contributed by atoms with E-state index in [4.69, 9.17) is 9.05 Å². The van der Waals surface area contributed by atoms with Gasteiger partial charge in [-0.3, -0.25) is 0 Å². The molecule has 1 aliphatic heterocycles. The fraction of sp³-hybridized carbons (Fsp3) is 0.368. The molecule has 0 bridgehead atoms. The lowest BCUT2D eigenvalue weighted by Gasteiger charge is -2.28. The van der Waals surface area contributed by atoms with Gasteiger partial charge in [0, 0.05) is 6.54 Å². The zero-order valence-corrected chi connectivity index (χ0v) is 14.7. The Kier molecular flexibility index (Phi) is 5.95. The summed E-state index contributed by atoms with van der Waals surface area (Å²) in [6.45, 7) is 2.87. The van der Waals surface area contributed by atoms with Gasteiger partial charge in [-0.2, -0.15) is 0 Å². The van der Waals surface area contributed by atoms with E-state index < -0.39 is 7.60 Å². The highest BCUT2D eigenvalue weighted by Gasteiger charge is 2.29. The minimum Gasteiger partial charge on any atom is -0.416 e. The molecule has 1 aliphatic rings. The molecule has 3 rings (SSSR count). The molecule has 1 fully saturated rings. The molecule has 5 heteroatoms. The second-order valence-corrected chi connectivity index (χ2v) is 8.08. The van der Waals surface area contributed by atoms with Gasteiger partial charge in [0.2, 0.25) is 0 Å². The first-order chi connectivity index (χ1) is 11.7. The molecule has 1 saturated heterocycles. The van der Waals surface area contributed by atoms with Crippen LogP contribution in [0.25, 0.3) is 0 Å². The van der Waals surface area contributed by atoms with Crippen molar-refractivity contribution in [3.8, 4) is 11.5 Å². The molecule has 0 saturated carbocycles. The van der Waals surface area contributed by atoms with Crippen molar-refractivity contribution in [3.05, 3.63) is 60.7 Å². The maximum absolute atomic E-state index is 13.3. The summed E-state index contributed by atoms with van der Waals surface area (Å²) < 4.78 is 24.9. The number of rotatable bonds is 7. The lowest BCUT2D eigenvalue weighted by molar-refractivity contribution is 0.237. The highest BCUT2D eigenvalue weighted by atomic mass is 31.2. The van der Waals surface area contributed by atoms with Crippen LogP contribution in [-0.2, 0) is 4.57 Å². The van der Waals surface area contributed by atoms with Gasteiger partial charge in [0.1, 0.15) is 11.5 Å². The average Bonchev–Trinajstić information content (AvgIpc) is 2.63. The predicted molar refractivity (Wildman–Crippen MR) is 96.9 cm³/mol. The lowest BCUT2D eigenvalue weighted by Crippen LogP contribution is -2.32. The fourth-order valence-electron chi connectivity index (χ4n) is 2.84. The normalized spacial score (nSPS) is 15.8. The van der Waals surface area contributed by atoms with Crippen molar-refractivity contribution in [2.45, 2.75) is 19.3 Å². The molecule has 0 amide bonds. The van der Waals surface area contributed by atoms with E-state index in [-0.39, 0.29) is 0 Å². The number of piperidine rings is 1. The van der Waals surface area contributed by atoms with Crippen LogP contribution in [0.15, 0.2) is 60.7 Å². The number of para-hydroxylation sites is 2. The Balaban J connectivity index is 1.70. The van der Waals surface area contributed by atoms with Crippen LogP contribution in [0.3, 0.4) is 0 Å². The molecule has 0 aliphatic carbocycles. The molecule has 0 radical (unpaired) electrons. The first-order valence-corrected chi connectivity index (χ1v) is 10.3. The zero-order chi connectivity index (χ0) is 16.7.